The van der Waals surface area contributed by atoms with Crippen LogP contribution in [0.4, 0.5) is 11.4 Å². The Morgan fingerprint density at radius 1 is 1.19 bits per heavy atom. The summed E-state index contributed by atoms with van der Waals surface area (Å²) in [5, 5.41) is 20.8. The van der Waals surface area contributed by atoms with E-state index in [1.165, 1.54) is 24.3 Å². The van der Waals surface area contributed by atoms with Crippen LogP contribution in [0.25, 0.3) is 5.69 Å². The van der Waals surface area contributed by atoms with Crippen molar-refractivity contribution in [2.24, 2.45) is 0 Å². The zero-order chi connectivity index (χ0) is 23.1. The smallest absolute Gasteiger partial charge is 0.270 e. The Labute approximate surface area is 189 Å². The Balaban J connectivity index is 1.75. The van der Waals surface area contributed by atoms with Gasteiger partial charge in [0.2, 0.25) is 5.91 Å². The van der Waals surface area contributed by atoms with Crippen molar-refractivity contribution in [3.63, 3.8) is 0 Å². The molecule has 3 aromatic rings. The van der Waals surface area contributed by atoms with Crippen molar-refractivity contribution in [2.45, 2.75) is 19.4 Å². The van der Waals surface area contributed by atoms with Gasteiger partial charge in [-0.2, -0.15) is 16.9 Å². The maximum absolute atomic E-state index is 13.0. The number of aromatic nitrogens is 2. The highest BCUT2D eigenvalue weighted by Gasteiger charge is 2.22. The van der Waals surface area contributed by atoms with E-state index in [1.54, 1.807) is 34.8 Å². The van der Waals surface area contributed by atoms with Crippen LogP contribution >= 0.6 is 11.8 Å². The first kappa shape index (κ1) is 23.0. The number of thioether (sulfide) groups is 1. The number of non-ortho nitro benzene ring substituents is 1. The predicted octanol–water partition coefficient (Wildman–Crippen LogP) is 3.58. The standard InChI is InChI=1S/C22H23N5O4S/c1-15-9-11-23-26(15)18-7-4-6-17(14-18)24-22(29)20(10-12-32-2)25-21(28)16-5-3-8-19(13-16)27(30)31/h3-9,11,13-14,20H,10,12H2,1-2H3,(H,24,29)(H,25,28). The van der Waals surface area contributed by atoms with Gasteiger partial charge in [-0.15, -0.1) is 0 Å². The molecule has 1 atom stereocenters. The van der Waals surface area contributed by atoms with Gasteiger partial charge >= 0.3 is 0 Å². The van der Waals surface area contributed by atoms with E-state index in [-0.39, 0.29) is 17.2 Å². The van der Waals surface area contributed by atoms with Crippen LogP contribution in [0.5, 0.6) is 0 Å². The van der Waals surface area contributed by atoms with Crippen molar-refractivity contribution in [2.75, 3.05) is 17.3 Å². The lowest BCUT2D eigenvalue weighted by atomic mass is 10.1. The highest BCUT2D eigenvalue weighted by molar-refractivity contribution is 7.98. The highest BCUT2D eigenvalue weighted by Crippen LogP contribution is 2.17. The van der Waals surface area contributed by atoms with Crippen molar-refractivity contribution in [1.29, 1.82) is 0 Å². The van der Waals surface area contributed by atoms with Crippen LogP contribution in [-0.2, 0) is 4.79 Å². The molecule has 0 saturated heterocycles. The number of hydrogen-bond donors (Lipinski definition) is 2. The fourth-order valence-electron chi connectivity index (χ4n) is 3.09. The van der Waals surface area contributed by atoms with Crippen molar-refractivity contribution in [3.05, 3.63) is 82.2 Å². The zero-order valence-corrected chi connectivity index (χ0v) is 18.5. The fourth-order valence-corrected chi connectivity index (χ4v) is 3.56. The summed E-state index contributed by atoms with van der Waals surface area (Å²) in [7, 11) is 0. The third kappa shape index (κ3) is 5.73. The van der Waals surface area contributed by atoms with Crippen LogP contribution in [0.2, 0.25) is 0 Å². The minimum Gasteiger partial charge on any atom is -0.340 e. The second-order valence-electron chi connectivity index (χ2n) is 7.04. The molecule has 2 N–H and O–H groups in total. The number of nitro benzene ring substituents is 1. The minimum absolute atomic E-state index is 0.123. The second-order valence-corrected chi connectivity index (χ2v) is 8.02. The number of nitrogens with zero attached hydrogens (tertiary/aromatic N) is 3. The fraction of sp³-hybridized carbons (Fsp3) is 0.227. The van der Waals surface area contributed by atoms with Gasteiger partial charge in [0.25, 0.3) is 11.6 Å². The van der Waals surface area contributed by atoms with Crippen molar-refractivity contribution in [1.82, 2.24) is 15.1 Å². The molecule has 2 amide bonds. The molecule has 1 unspecified atom stereocenters. The number of rotatable bonds is 9. The summed E-state index contributed by atoms with van der Waals surface area (Å²) in [6.45, 7) is 1.93. The first-order chi connectivity index (χ1) is 15.4. The summed E-state index contributed by atoms with van der Waals surface area (Å²) in [4.78, 5) is 36.0. The molecule has 0 fully saturated rings. The summed E-state index contributed by atoms with van der Waals surface area (Å²) in [6.07, 6.45) is 4.02. The maximum atomic E-state index is 13.0. The highest BCUT2D eigenvalue weighted by atomic mass is 32.2. The number of carbonyl (C=O) groups excluding carboxylic acids is 2. The Kier molecular flexibility index (Phi) is 7.61. The number of nitrogens with one attached hydrogen (secondary N) is 2. The molecule has 1 heterocycles. The lowest BCUT2D eigenvalue weighted by molar-refractivity contribution is -0.384. The topological polar surface area (TPSA) is 119 Å². The van der Waals surface area contributed by atoms with Gasteiger partial charge in [-0.1, -0.05) is 12.1 Å². The van der Waals surface area contributed by atoms with E-state index in [0.717, 1.165) is 11.4 Å². The summed E-state index contributed by atoms with van der Waals surface area (Å²) < 4.78 is 1.75. The molecule has 0 aliphatic heterocycles. The minimum atomic E-state index is -0.802. The van der Waals surface area contributed by atoms with Crippen LogP contribution in [0, 0.1) is 17.0 Å². The Hall–Kier alpha value is -3.66. The summed E-state index contributed by atoms with van der Waals surface area (Å²) in [5.41, 5.74) is 2.26. The number of carbonyl (C=O) groups is 2. The van der Waals surface area contributed by atoms with Crippen molar-refractivity contribution >= 4 is 35.0 Å². The van der Waals surface area contributed by atoms with Gasteiger partial charge in [-0.3, -0.25) is 19.7 Å². The Morgan fingerprint density at radius 3 is 2.66 bits per heavy atom. The van der Waals surface area contributed by atoms with Gasteiger partial charge in [0.05, 0.1) is 10.6 Å². The van der Waals surface area contributed by atoms with E-state index < -0.39 is 16.9 Å². The first-order valence-corrected chi connectivity index (χ1v) is 11.2. The Morgan fingerprint density at radius 2 is 1.97 bits per heavy atom. The molecule has 2 aromatic carbocycles. The normalized spacial score (nSPS) is 11.6. The molecule has 0 radical (unpaired) electrons. The molecule has 0 aliphatic rings. The predicted molar refractivity (Wildman–Crippen MR) is 124 cm³/mol. The molecule has 0 saturated carbocycles. The van der Waals surface area contributed by atoms with Gasteiger partial charge in [-0.05, 0) is 55.7 Å². The van der Waals surface area contributed by atoms with Crippen LogP contribution in [0.1, 0.15) is 22.5 Å². The number of hydrogen-bond acceptors (Lipinski definition) is 6. The lowest BCUT2D eigenvalue weighted by Crippen LogP contribution is -2.44. The van der Waals surface area contributed by atoms with Crippen LogP contribution in [0.3, 0.4) is 0 Å². The number of benzene rings is 2. The molecule has 0 spiro atoms. The number of anilines is 1. The van der Waals surface area contributed by atoms with E-state index >= 15 is 0 Å². The van der Waals surface area contributed by atoms with Crippen molar-refractivity contribution in [3.8, 4) is 5.69 Å². The summed E-state index contributed by atoms with van der Waals surface area (Å²) in [6, 6.07) is 13.7. The SMILES string of the molecule is CSCCC(NC(=O)c1cccc([N+](=O)[O-])c1)C(=O)Nc1cccc(-n2nccc2C)c1. The molecule has 0 aliphatic carbocycles. The maximum Gasteiger partial charge on any atom is 0.270 e. The number of amides is 2. The van der Waals surface area contributed by atoms with E-state index in [1.807, 2.05) is 31.4 Å². The average molecular weight is 454 g/mol. The van der Waals surface area contributed by atoms with E-state index in [4.69, 9.17) is 0 Å². The van der Waals surface area contributed by atoms with Gasteiger partial charge in [0, 0.05) is 35.3 Å². The third-order valence-corrected chi connectivity index (χ3v) is 5.39. The Bertz CT molecular complexity index is 1130. The summed E-state index contributed by atoms with van der Waals surface area (Å²) >= 11 is 1.55. The molecule has 10 heteroatoms. The lowest BCUT2D eigenvalue weighted by Gasteiger charge is -2.18. The van der Waals surface area contributed by atoms with Gasteiger partial charge in [0.15, 0.2) is 0 Å². The van der Waals surface area contributed by atoms with Crippen molar-refractivity contribution < 1.29 is 14.5 Å². The molecular formula is C22H23N5O4S. The molecule has 32 heavy (non-hydrogen) atoms. The summed E-state index contributed by atoms with van der Waals surface area (Å²) in [5.74, 6) is -0.261. The van der Waals surface area contributed by atoms with Gasteiger partial charge < -0.3 is 10.6 Å². The van der Waals surface area contributed by atoms with E-state index in [0.29, 0.717) is 17.9 Å². The van der Waals surface area contributed by atoms with Crippen LogP contribution in [-0.4, -0.2) is 44.6 Å². The average Bonchev–Trinajstić information content (AvgIpc) is 3.22. The van der Waals surface area contributed by atoms with Gasteiger partial charge in [0.1, 0.15) is 6.04 Å². The molecular weight excluding hydrogens is 430 g/mol. The second kappa shape index (κ2) is 10.6. The molecule has 0 bridgehead atoms. The molecule has 1 aromatic heterocycles. The molecule has 166 valence electrons. The van der Waals surface area contributed by atoms with Gasteiger partial charge in [-0.25, -0.2) is 4.68 Å². The van der Waals surface area contributed by atoms with E-state index in [9.17, 15) is 19.7 Å². The largest absolute Gasteiger partial charge is 0.340 e. The molecule has 9 nitrogen and oxygen atoms in total. The number of nitro groups is 1. The first-order valence-electron chi connectivity index (χ1n) is 9.85. The van der Waals surface area contributed by atoms with Crippen LogP contribution in [0.15, 0.2) is 60.8 Å². The zero-order valence-electron chi connectivity index (χ0n) is 17.6. The van der Waals surface area contributed by atoms with E-state index in [2.05, 4.69) is 15.7 Å². The number of aryl methyl sites for hydroxylation is 1. The quantitative estimate of drug-likeness (QED) is 0.378. The molecule has 3 rings (SSSR count). The van der Waals surface area contributed by atoms with Crippen LogP contribution < -0.4 is 10.6 Å². The third-order valence-electron chi connectivity index (χ3n) is 4.74. The monoisotopic (exact) mass is 453 g/mol.